The van der Waals surface area contributed by atoms with E-state index in [1.54, 1.807) is 18.2 Å². The Labute approximate surface area is 118 Å². The van der Waals surface area contributed by atoms with Gasteiger partial charge >= 0.3 is 0 Å². The summed E-state index contributed by atoms with van der Waals surface area (Å²) in [5.41, 5.74) is 6.48. The second kappa shape index (κ2) is 4.90. The van der Waals surface area contributed by atoms with Gasteiger partial charge in [-0.3, -0.25) is 4.98 Å². The van der Waals surface area contributed by atoms with Crippen molar-refractivity contribution in [1.29, 1.82) is 0 Å². The lowest BCUT2D eigenvalue weighted by molar-refractivity contribution is 0.429. The van der Waals surface area contributed by atoms with Crippen molar-refractivity contribution in [2.45, 2.75) is 0 Å². The Balaban J connectivity index is 1.99. The van der Waals surface area contributed by atoms with E-state index >= 15 is 0 Å². The van der Waals surface area contributed by atoms with Gasteiger partial charge in [0.05, 0.1) is 10.6 Å². The molecule has 0 aliphatic rings. The smallest absolute Gasteiger partial charge is 0.261 e. The Hall–Kier alpha value is -2.47. The molecule has 100 valence electrons. The lowest BCUT2D eigenvalue weighted by atomic mass is 10.2. The molecule has 0 saturated heterocycles. The molecule has 0 radical (unpaired) electrons. The van der Waals surface area contributed by atoms with E-state index in [0.29, 0.717) is 16.4 Å². The van der Waals surface area contributed by atoms with Gasteiger partial charge < -0.3 is 10.3 Å². The summed E-state index contributed by atoms with van der Waals surface area (Å²) in [4.78, 5) is 8.17. The molecule has 0 saturated carbocycles. The molecular formula is C13H8ClFN4O. The van der Waals surface area contributed by atoms with E-state index in [-0.39, 0.29) is 17.3 Å². The number of benzene rings is 1. The molecule has 0 amide bonds. The molecule has 2 aromatic heterocycles. The molecule has 0 bridgehead atoms. The van der Waals surface area contributed by atoms with Crippen LogP contribution in [-0.4, -0.2) is 15.1 Å². The molecule has 2 heterocycles. The highest BCUT2D eigenvalue weighted by molar-refractivity contribution is 6.30. The highest BCUT2D eigenvalue weighted by atomic mass is 35.5. The Kier molecular flexibility index (Phi) is 3.08. The Morgan fingerprint density at radius 3 is 2.75 bits per heavy atom. The van der Waals surface area contributed by atoms with Crippen molar-refractivity contribution in [1.82, 2.24) is 15.1 Å². The minimum atomic E-state index is -0.524. The molecule has 0 unspecified atom stereocenters. The van der Waals surface area contributed by atoms with Crippen molar-refractivity contribution in [3.8, 4) is 23.0 Å². The number of nitrogens with zero attached hydrogens (tertiary/aromatic N) is 3. The fraction of sp³-hybridized carbons (Fsp3) is 0. The summed E-state index contributed by atoms with van der Waals surface area (Å²) < 4.78 is 18.8. The average molecular weight is 291 g/mol. The summed E-state index contributed by atoms with van der Waals surface area (Å²) in [5.74, 6) is -0.202. The molecule has 1 aromatic carbocycles. The number of hydrogen-bond donors (Lipinski definition) is 1. The fourth-order valence-corrected chi connectivity index (χ4v) is 1.76. The standard InChI is InChI=1S/C13H8ClFN4O/c14-7-1-4-11(17-6-7)12-18-13(20-19-12)9-3-2-8(16)5-10(9)15/h1-6H,16H2. The van der Waals surface area contributed by atoms with E-state index in [1.807, 2.05) is 0 Å². The van der Waals surface area contributed by atoms with Gasteiger partial charge in [0.1, 0.15) is 11.5 Å². The van der Waals surface area contributed by atoms with Crippen LogP contribution in [0.4, 0.5) is 10.1 Å². The van der Waals surface area contributed by atoms with E-state index in [4.69, 9.17) is 21.9 Å². The molecule has 0 aliphatic heterocycles. The van der Waals surface area contributed by atoms with Gasteiger partial charge in [0.25, 0.3) is 5.89 Å². The predicted molar refractivity (Wildman–Crippen MR) is 72.3 cm³/mol. The molecule has 20 heavy (non-hydrogen) atoms. The largest absolute Gasteiger partial charge is 0.399 e. The molecule has 0 atom stereocenters. The summed E-state index contributed by atoms with van der Waals surface area (Å²) >= 11 is 5.75. The summed E-state index contributed by atoms with van der Waals surface area (Å²) in [5, 5.41) is 4.27. The summed E-state index contributed by atoms with van der Waals surface area (Å²) in [6, 6.07) is 7.54. The van der Waals surface area contributed by atoms with Gasteiger partial charge in [-0.2, -0.15) is 4.98 Å². The minimum Gasteiger partial charge on any atom is -0.399 e. The molecule has 3 rings (SSSR count). The van der Waals surface area contributed by atoms with E-state index < -0.39 is 5.82 Å². The van der Waals surface area contributed by atoms with Crippen LogP contribution < -0.4 is 5.73 Å². The molecule has 0 fully saturated rings. The zero-order valence-corrected chi connectivity index (χ0v) is 10.8. The first-order valence-corrected chi connectivity index (χ1v) is 6.02. The highest BCUT2D eigenvalue weighted by Crippen LogP contribution is 2.25. The normalized spacial score (nSPS) is 10.7. The molecule has 7 heteroatoms. The van der Waals surface area contributed by atoms with Gasteiger partial charge in [-0.05, 0) is 30.3 Å². The maximum absolute atomic E-state index is 13.8. The summed E-state index contributed by atoms with van der Waals surface area (Å²) in [6.45, 7) is 0. The van der Waals surface area contributed by atoms with Crippen molar-refractivity contribution < 1.29 is 8.91 Å². The second-order valence-electron chi connectivity index (χ2n) is 4.02. The first kappa shape index (κ1) is 12.6. The van der Waals surface area contributed by atoms with Gasteiger partial charge in [-0.25, -0.2) is 4.39 Å². The average Bonchev–Trinajstić information content (AvgIpc) is 2.89. The van der Waals surface area contributed by atoms with E-state index in [2.05, 4.69) is 15.1 Å². The number of rotatable bonds is 2. The zero-order valence-electron chi connectivity index (χ0n) is 10.0. The van der Waals surface area contributed by atoms with Gasteiger partial charge in [-0.15, -0.1) is 0 Å². The number of nitrogens with two attached hydrogens (primary N) is 1. The number of hydrogen-bond acceptors (Lipinski definition) is 5. The predicted octanol–water partition coefficient (Wildman–Crippen LogP) is 3.17. The lowest BCUT2D eigenvalue weighted by Gasteiger charge is -1.98. The maximum atomic E-state index is 13.8. The van der Waals surface area contributed by atoms with E-state index in [0.717, 1.165) is 0 Å². The third-order valence-electron chi connectivity index (χ3n) is 2.61. The van der Waals surface area contributed by atoms with Gasteiger partial charge in [0, 0.05) is 11.9 Å². The number of pyridine rings is 1. The Morgan fingerprint density at radius 2 is 2.05 bits per heavy atom. The molecule has 3 aromatic rings. The van der Waals surface area contributed by atoms with Crippen LogP contribution in [0.15, 0.2) is 41.1 Å². The first-order valence-electron chi connectivity index (χ1n) is 5.64. The Bertz CT molecular complexity index is 757. The number of nitrogen functional groups attached to an aromatic ring is 1. The summed E-state index contributed by atoms with van der Waals surface area (Å²) in [7, 11) is 0. The van der Waals surface area contributed by atoms with Gasteiger partial charge in [0.15, 0.2) is 0 Å². The van der Waals surface area contributed by atoms with E-state index in [1.165, 1.54) is 18.3 Å². The quantitative estimate of drug-likeness (QED) is 0.733. The molecule has 5 nitrogen and oxygen atoms in total. The molecule has 2 N–H and O–H groups in total. The lowest BCUT2D eigenvalue weighted by Crippen LogP contribution is -1.90. The van der Waals surface area contributed by atoms with Crippen LogP contribution >= 0.6 is 11.6 Å². The van der Waals surface area contributed by atoms with E-state index in [9.17, 15) is 4.39 Å². The molecule has 0 aliphatic carbocycles. The van der Waals surface area contributed by atoms with Crippen LogP contribution in [0.25, 0.3) is 23.0 Å². The first-order chi connectivity index (χ1) is 9.63. The van der Waals surface area contributed by atoms with Gasteiger partial charge in [0.2, 0.25) is 5.82 Å². The molecule has 0 spiro atoms. The monoisotopic (exact) mass is 290 g/mol. The van der Waals surface area contributed by atoms with Crippen molar-refractivity contribution in [2.75, 3.05) is 5.73 Å². The topological polar surface area (TPSA) is 77.8 Å². The van der Waals surface area contributed by atoms with Crippen LogP contribution in [0.1, 0.15) is 0 Å². The van der Waals surface area contributed by atoms with Crippen LogP contribution in [0.3, 0.4) is 0 Å². The number of anilines is 1. The van der Waals surface area contributed by atoms with Crippen molar-refractivity contribution in [3.05, 3.63) is 47.4 Å². The highest BCUT2D eigenvalue weighted by Gasteiger charge is 2.15. The maximum Gasteiger partial charge on any atom is 0.261 e. The van der Waals surface area contributed by atoms with Crippen LogP contribution in [0.2, 0.25) is 5.02 Å². The third-order valence-corrected chi connectivity index (χ3v) is 2.83. The zero-order chi connectivity index (χ0) is 14.1. The van der Waals surface area contributed by atoms with Crippen LogP contribution in [0, 0.1) is 5.82 Å². The summed E-state index contributed by atoms with van der Waals surface area (Å²) in [6.07, 6.45) is 1.47. The number of aromatic nitrogens is 3. The molecular weight excluding hydrogens is 283 g/mol. The van der Waals surface area contributed by atoms with Crippen molar-refractivity contribution in [2.24, 2.45) is 0 Å². The van der Waals surface area contributed by atoms with Gasteiger partial charge in [-0.1, -0.05) is 16.8 Å². The third kappa shape index (κ3) is 2.33. The second-order valence-corrected chi connectivity index (χ2v) is 4.46. The SMILES string of the molecule is Nc1ccc(-c2nc(-c3ccc(Cl)cn3)no2)c(F)c1. The fourth-order valence-electron chi connectivity index (χ4n) is 1.65. The number of halogens is 2. The Morgan fingerprint density at radius 1 is 1.20 bits per heavy atom. The van der Waals surface area contributed by atoms with Crippen LogP contribution in [0.5, 0.6) is 0 Å². The van der Waals surface area contributed by atoms with Crippen molar-refractivity contribution >= 4 is 17.3 Å². The minimum absolute atomic E-state index is 0.0641. The van der Waals surface area contributed by atoms with Crippen molar-refractivity contribution in [3.63, 3.8) is 0 Å². The van der Waals surface area contributed by atoms with Crippen LogP contribution in [-0.2, 0) is 0 Å².